The molecule has 1 aliphatic heterocycles. The third-order valence-corrected chi connectivity index (χ3v) is 5.61. The van der Waals surface area contributed by atoms with Gasteiger partial charge in [-0.05, 0) is 52.7 Å². The largest absolute Gasteiger partial charge is 0.494 e. The second kappa shape index (κ2) is 7.16. The van der Waals surface area contributed by atoms with Gasteiger partial charge in [0.25, 0.3) is 0 Å². The van der Waals surface area contributed by atoms with Crippen LogP contribution in [0.2, 0.25) is 0 Å². The Kier molecular flexibility index (Phi) is 4.73. The zero-order valence-corrected chi connectivity index (χ0v) is 16.5. The van der Waals surface area contributed by atoms with Crippen LogP contribution in [0, 0.1) is 6.92 Å². The Morgan fingerprint density at radius 1 is 1.23 bits per heavy atom. The number of methoxy groups -OCH3 is 1. The van der Waals surface area contributed by atoms with Crippen molar-refractivity contribution >= 4 is 27.7 Å². The Labute approximate surface area is 162 Å². The number of ether oxygens (including phenoxy) is 3. The quantitative estimate of drug-likeness (QED) is 0.565. The van der Waals surface area contributed by atoms with E-state index in [1.165, 1.54) is 11.8 Å². The van der Waals surface area contributed by atoms with Gasteiger partial charge in [0.15, 0.2) is 11.5 Å². The number of benzene rings is 2. The highest BCUT2D eigenvalue weighted by atomic mass is 79.9. The van der Waals surface area contributed by atoms with Gasteiger partial charge in [-0.15, -0.1) is 5.10 Å². The summed E-state index contributed by atoms with van der Waals surface area (Å²) in [5, 5.41) is 12.8. The molecule has 134 valence electrons. The van der Waals surface area contributed by atoms with Crippen molar-refractivity contribution in [1.29, 1.82) is 0 Å². The molecule has 0 saturated heterocycles. The van der Waals surface area contributed by atoms with E-state index in [-0.39, 0.29) is 6.79 Å². The summed E-state index contributed by atoms with van der Waals surface area (Å²) in [4.78, 5) is 0. The van der Waals surface area contributed by atoms with E-state index in [1.54, 1.807) is 11.8 Å². The first-order valence-electron chi connectivity index (χ1n) is 7.80. The van der Waals surface area contributed by atoms with Crippen LogP contribution in [-0.2, 0) is 5.75 Å². The number of aryl methyl sites for hydroxylation is 1. The minimum atomic E-state index is 0.254. The number of hydrogen-bond donors (Lipinski definition) is 0. The van der Waals surface area contributed by atoms with E-state index >= 15 is 0 Å². The van der Waals surface area contributed by atoms with Crippen molar-refractivity contribution in [3.05, 3.63) is 45.9 Å². The van der Waals surface area contributed by atoms with E-state index in [0.29, 0.717) is 16.7 Å². The summed E-state index contributed by atoms with van der Waals surface area (Å²) < 4.78 is 18.9. The van der Waals surface area contributed by atoms with Crippen molar-refractivity contribution in [1.82, 2.24) is 20.2 Å². The third kappa shape index (κ3) is 3.24. The molecule has 7 nitrogen and oxygen atoms in total. The highest BCUT2D eigenvalue weighted by Gasteiger charge is 2.18. The van der Waals surface area contributed by atoms with Crippen LogP contribution in [0.4, 0.5) is 0 Å². The van der Waals surface area contributed by atoms with Crippen molar-refractivity contribution in [2.24, 2.45) is 0 Å². The van der Waals surface area contributed by atoms with Crippen molar-refractivity contribution in [3.8, 4) is 22.9 Å². The summed E-state index contributed by atoms with van der Waals surface area (Å²) in [5.41, 5.74) is 2.99. The average molecular weight is 435 g/mol. The molecule has 3 aromatic rings. The van der Waals surface area contributed by atoms with Crippen LogP contribution in [0.5, 0.6) is 17.2 Å². The molecule has 26 heavy (non-hydrogen) atoms. The highest BCUT2D eigenvalue weighted by Crippen LogP contribution is 2.39. The van der Waals surface area contributed by atoms with Crippen LogP contribution in [0.15, 0.2) is 40.0 Å². The first-order chi connectivity index (χ1) is 12.7. The fourth-order valence-electron chi connectivity index (χ4n) is 2.60. The number of hydrogen-bond acceptors (Lipinski definition) is 7. The summed E-state index contributed by atoms with van der Waals surface area (Å²) in [5.74, 6) is 2.89. The predicted octanol–water partition coefficient (Wildman–Crippen LogP) is 3.76. The van der Waals surface area contributed by atoms with Crippen LogP contribution < -0.4 is 14.2 Å². The van der Waals surface area contributed by atoms with Crippen LogP contribution in [0.3, 0.4) is 0 Å². The first kappa shape index (κ1) is 17.2. The molecule has 2 aromatic carbocycles. The lowest BCUT2D eigenvalue weighted by molar-refractivity contribution is 0.174. The van der Waals surface area contributed by atoms with E-state index in [0.717, 1.165) is 32.8 Å². The molecule has 0 atom stereocenters. The minimum absolute atomic E-state index is 0.254. The van der Waals surface area contributed by atoms with E-state index in [2.05, 4.69) is 31.5 Å². The van der Waals surface area contributed by atoms with E-state index < -0.39 is 0 Å². The summed E-state index contributed by atoms with van der Waals surface area (Å²) in [6.45, 7) is 2.27. The smallest absolute Gasteiger partial charge is 0.231 e. The zero-order chi connectivity index (χ0) is 18.1. The Bertz CT molecular complexity index is 963. The number of nitrogens with zero attached hydrogens (tertiary/aromatic N) is 4. The number of tetrazole rings is 1. The maximum Gasteiger partial charge on any atom is 0.231 e. The second-order valence-electron chi connectivity index (χ2n) is 5.63. The molecular formula is C17H15BrN4O3S. The molecule has 0 saturated carbocycles. The van der Waals surface area contributed by atoms with Gasteiger partial charge in [0, 0.05) is 10.2 Å². The Hall–Kier alpha value is -2.26. The molecule has 9 heteroatoms. The molecule has 0 amide bonds. The normalized spacial score (nSPS) is 12.4. The molecule has 0 fully saturated rings. The van der Waals surface area contributed by atoms with Gasteiger partial charge in [0.05, 0.1) is 7.11 Å². The summed E-state index contributed by atoms with van der Waals surface area (Å²) >= 11 is 5.11. The maximum absolute atomic E-state index is 5.45. The SMILES string of the molecule is COc1ccc(C)cc1-n1nnnc1SCc1cc2c(cc1Br)OCO2. The molecule has 1 aliphatic rings. The molecular weight excluding hydrogens is 420 g/mol. The van der Waals surface area contributed by atoms with Gasteiger partial charge in [0.2, 0.25) is 11.9 Å². The van der Waals surface area contributed by atoms with E-state index in [4.69, 9.17) is 14.2 Å². The highest BCUT2D eigenvalue weighted by molar-refractivity contribution is 9.10. The molecule has 0 aliphatic carbocycles. The van der Waals surface area contributed by atoms with Crippen LogP contribution in [0.25, 0.3) is 5.69 Å². The second-order valence-corrected chi connectivity index (χ2v) is 7.43. The van der Waals surface area contributed by atoms with Crippen LogP contribution in [0.1, 0.15) is 11.1 Å². The van der Waals surface area contributed by atoms with Crippen molar-refractivity contribution in [2.75, 3.05) is 13.9 Å². The number of thioether (sulfide) groups is 1. The monoisotopic (exact) mass is 434 g/mol. The fourth-order valence-corrected chi connectivity index (χ4v) is 4.12. The molecule has 0 bridgehead atoms. The molecule has 0 spiro atoms. The molecule has 0 N–H and O–H groups in total. The predicted molar refractivity (Wildman–Crippen MR) is 100 cm³/mol. The minimum Gasteiger partial charge on any atom is -0.494 e. The number of halogens is 1. The van der Waals surface area contributed by atoms with Crippen molar-refractivity contribution in [2.45, 2.75) is 17.8 Å². The van der Waals surface area contributed by atoms with Gasteiger partial charge < -0.3 is 14.2 Å². The van der Waals surface area contributed by atoms with Gasteiger partial charge in [-0.2, -0.15) is 4.68 Å². The summed E-state index contributed by atoms with van der Waals surface area (Å²) in [6.07, 6.45) is 0. The van der Waals surface area contributed by atoms with Gasteiger partial charge >= 0.3 is 0 Å². The maximum atomic E-state index is 5.45. The van der Waals surface area contributed by atoms with Gasteiger partial charge in [-0.3, -0.25) is 0 Å². The lowest BCUT2D eigenvalue weighted by Crippen LogP contribution is -2.02. The van der Waals surface area contributed by atoms with E-state index in [9.17, 15) is 0 Å². The van der Waals surface area contributed by atoms with Gasteiger partial charge in [-0.25, -0.2) is 0 Å². The average Bonchev–Trinajstić information content (AvgIpc) is 3.28. The van der Waals surface area contributed by atoms with Crippen molar-refractivity contribution < 1.29 is 14.2 Å². The zero-order valence-electron chi connectivity index (χ0n) is 14.1. The standard InChI is InChI=1S/C17H15BrN4O3S/c1-10-3-4-14(23-2)13(5-10)22-17(19-20-21-22)26-8-11-6-15-16(7-12(11)18)25-9-24-15/h3-7H,8-9H2,1-2H3. The summed E-state index contributed by atoms with van der Waals surface area (Å²) in [7, 11) is 1.63. The van der Waals surface area contributed by atoms with E-state index in [1.807, 2.05) is 37.3 Å². The molecule has 0 radical (unpaired) electrons. The van der Waals surface area contributed by atoms with Gasteiger partial charge in [-0.1, -0.05) is 33.8 Å². The lowest BCUT2D eigenvalue weighted by atomic mass is 10.2. The third-order valence-electron chi connectivity index (χ3n) is 3.90. The Morgan fingerprint density at radius 3 is 2.85 bits per heavy atom. The fraction of sp³-hybridized carbons (Fsp3) is 0.235. The molecule has 1 aromatic heterocycles. The number of aromatic nitrogens is 4. The molecule has 2 heterocycles. The topological polar surface area (TPSA) is 71.3 Å². The number of rotatable bonds is 5. The van der Waals surface area contributed by atoms with Crippen molar-refractivity contribution in [3.63, 3.8) is 0 Å². The lowest BCUT2D eigenvalue weighted by Gasteiger charge is -2.11. The van der Waals surface area contributed by atoms with Gasteiger partial charge in [0.1, 0.15) is 11.4 Å². The first-order valence-corrected chi connectivity index (χ1v) is 9.58. The summed E-state index contributed by atoms with van der Waals surface area (Å²) in [6, 6.07) is 9.79. The number of fused-ring (bicyclic) bond motifs is 1. The molecule has 4 rings (SSSR count). The Balaban J connectivity index is 1.60. The molecule has 0 unspecified atom stereocenters. The van der Waals surface area contributed by atoms with Crippen LogP contribution in [-0.4, -0.2) is 34.1 Å². The van der Waals surface area contributed by atoms with Crippen LogP contribution >= 0.6 is 27.7 Å². The Morgan fingerprint density at radius 2 is 2.04 bits per heavy atom.